The molecule has 0 aromatic heterocycles. The van der Waals surface area contributed by atoms with Crippen molar-refractivity contribution in [2.24, 2.45) is 0 Å². The third kappa shape index (κ3) is 1.90. The first-order chi connectivity index (χ1) is 6.85. The number of rotatable bonds is 2. The van der Waals surface area contributed by atoms with Gasteiger partial charge in [-0.2, -0.15) is 0 Å². The van der Waals surface area contributed by atoms with E-state index in [4.69, 9.17) is 4.74 Å². The largest absolute Gasteiger partial charge is 0.372 e. The van der Waals surface area contributed by atoms with E-state index in [1.807, 2.05) is 18.2 Å². The second-order valence-electron chi connectivity index (χ2n) is 3.24. The summed E-state index contributed by atoms with van der Waals surface area (Å²) in [5.74, 6) is 0. The molecular weight excluding hydrogens is 263 g/mol. The summed E-state index contributed by atoms with van der Waals surface area (Å²) in [4.78, 5) is 0. The molecule has 0 saturated carbocycles. The Morgan fingerprint density at radius 2 is 2.43 bits per heavy atom. The first kappa shape index (κ1) is 10.3. The molecule has 0 bridgehead atoms. The van der Waals surface area contributed by atoms with Crippen molar-refractivity contribution in [1.82, 2.24) is 0 Å². The van der Waals surface area contributed by atoms with E-state index in [9.17, 15) is 4.57 Å². The number of halogens is 1. The van der Waals surface area contributed by atoms with Crippen LogP contribution in [0.25, 0.3) is 0 Å². The van der Waals surface area contributed by atoms with Crippen molar-refractivity contribution < 1.29 is 9.30 Å². The monoisotopic (exact) mass is 272 g/mol. The van der Waals surface area contributed by atoms with Crippen molar-refractivity contribution in [3.8, 4) is 0 Å². The molecule has 74 valence electrons. The van der Waals surface area contributed by atoms with Gasteiger partial charge in [-0.15, -0.1) is 0 Å². The molecular formula is C10H10BrO2P. The lowest BCUT2D eigenvalue weighted by molar-refractivity contribution is 0.0596. The standard InChI is InChI=1S/C10H10BrO2P/c11-6-10-9-2-1-8(14-12)5-7(9)3-4-13-10/h1-2,5,10H,3-4,6H2. The maximum absolute atomic E-state index is 10.7. The second kappa shape index (κ2) is 4.52. The number of hydrogen-bond acceptors (Lipinski definition) is 2. The molecule has 0 radical (unpaired) electrons. The molecule has 0 amide bonds. The third-order valence-corrected chi connectivity index (χ3v) is 3.49. The molecule has 1 aliphatic rings. The molecule has 0 aliphatic carbocycles. The number of fused-ring (bicyclic) bond motifs is 1. The minimum absolute atomic E-state index is 0.0948. The van der Waals surface area contributed by atoms with E-state index in [1.165, 1.54) is 11.1 Å². The fourth-order valence-electron chi connectivity index (χ4n) is 1.71. The lowest BCUT2D eigenvalue weighted by Gasteiger charge is -2.24. The Morgan fingerprint density at radius 1 is 1.57 bits per heavy atom. The van der Waals surface area contributed by atoms with Crippen molar-refractivity contribution in [1.29, 1.82) is 0 Å². The van der Waals surface area contributed by atoms with Gasteiger partial charge in [0.25, 0.3) is 0 Å². The van der Waals surface area contributed by atoms with E-state index in [-0.39, 0.29) is 14.6 Å². The van der Waals surface area contributed by atoms with Crippen LogP contribution in [0.15, 0.2) is 18.2 Å². The van der Waals surface area contributed by atoms with Crippen LogP contribution in [0.2, 0.25) is 0 Å². The highest BCUT2D eigenvalue weighted by atomic mass is 79.9. The molecule has 0 saturated heterocycles. The number of ether oxygens (including phenoxy) is 1. The summed E-state index contributed by atoms with van der Waals surface area (Å²) in [6.45, 7) is 0.752. The molecule has 2 rings (SSSR count). The van der Waals surface area contributed by atoms with Crippen molar-refractivity contribution in [3.63, 3.8) is 0 Å². The van der Waals surface area contributed by atoms with Crippen LogP contribution in [0, 0.1) is 0 Å². The average molecular weight is 273 g/mol. The zero-order valence-corrected chi connectivity index (χ0v) is 10.1. The Balaban J connectivity index is 2.40. The summed E-state index contributed by atoms with van der Waals surface area (Å²) in [5.41, 5.74) is 2.49. The van der Waals surface area contributed by atoms with Gasteiger partial charge in [-0.1, -0.05) is 22.0 Å². The Morgan fingerprint density at radius 3 is 3.14 bits per heavy atom. The third-order valence-electron chi connectivity index (χ3n) is 2.41. The molecule has 0 spiro atoms. The van der Waals surface area contributed by atoms with Gasteiger partial charge in [0, 0.05) is 10.6 Å². The van der Waals surface area contributed by atoms with Crippen molar-refractivity contribution >= 4 is 29.7 Å². The minimum Gasteiger partial charge on any atom is -0.372 e. The highest BCUT2D eigenvalue weighted by Crippen LogP contribution is 2.28. The van der Waals surface area contributed by atoms with Gasteiger partial charge in [-0.3, -0.25) is 4.57 Å². The molecule has 1 atom stereocenters. The first-order valence-electron chi connectivity index (χ1n) is 4.49. The van der Waals surface area contributed by atoms with Crippen LogP contribution in [-0.2, 0) is 15.7 Å². The van der Waals surface area contributed by atoms with Crippen LogP contribution >= 0.6 is 24.4 Å². The summed E-state index contributed by atoms with van der Waals surface area (Å²) in [7, 11) is 0.0948. The normalized spacial score (nSPS) is 20.8. The first-order valence-corrected chi connectivity index (χ1v) is 6.42. The van der Waals surface area contributed by atoms with E-state index < -0.39 is 0 Å². The lowest BCUT2D eigenvalue weighted by atomic mass is 9.99. The quantitative estimate of drug-likeness (QED) is 0.611. The number of hydrogen-bond donors (Lipinski definition) is 0. The van der Waals surface area contributed by atoms with Crippen LogP contribution in [0.4, 0.5) is 0 Å². The van der Waals surface area contributed by atoms with Gasteiger partial charge in [-0.05, 0) is 29.7 Å². The maximum Gasteiger partial charge on any atom is 0.192 e. The van der Waals surface area contributed by atoms with E-state index in [0.717, 1.165) is 23.7 Å². The van der Waals surface area contributed by atoms with Gasteiger partial charge < -0.3 is 4.74 Å². The van der Waals surface area contributed by atoms with Crippen LogP contribution in [-0.4, -0.2) is 11.9 Å². The average Bonchev–Trinajstić information content (AvgIpc) is 2.27. The van der Waals surface area contributed by atoms with Crippen LogP contribution in [0.1, 0.15) is 17.2 Å². The Hall–Kier alpha value is -0.240. The zero-order valence-electron chi connectivity index (χ0n) is 7.57. The summed E-state index contributed by atoms with van der Waals surface area (Å²) in [6, 6.07) is 5.90. The van der Waals surface area contributed by atoms with Crippen molar-refractivity contribution in [2.45, 2.75) is 12.5 Å². The van der Waals surface area contributed by atoms with E-state index in [0.29, 0.717) is 0 Å². The molecule has 4 heteroatoms. The lowest BCUT2D eigenvalue weighted by Crippen LogP contribution is -2.18. The van der Waals surface area contributed by atoms with Gasteiger partial charge in [0.2, 0.25) is 0 Å². The number of benzene rings is 1. The predicted molar refractivity (Wildman–Crippen MR) is 59.9 cm³/mol. The highest BCUT2D eigenvalue weighted by Gasteiger charge is 2.19. The summed E-state index contributed by atoms with van der Waals surface area (Å²) < 4.78 is 16.3. The smallest absolute Gasteiger partial charge is 0.192 e. The Kier molecular flexibility index (Phi) is 3.32. The van der Waals surface area contributed by atoms with Gasteiger partial charge in [0.05, 0.1) is 12.7 Å². The van der Waals surface area contributed by atoms with E-state index >= 15 is 0 Å². The van der Waals surface area contributed by atoms with Crippen LogP contribution in [0.3, 0.4) is 0 Å². The van der Waals surface area contributed by atoms with Crippen molar-refractivity contribution in [3.05, 3.63) is 29.3 Å². The zero-order chi connectivity index (χ0) is 9.97. The summed E-state index contributed by atoms with van der Waals surface area (Å²) in [5, 5.41) is 1.66. The fraction of sp³-hybridized carbons (Fsp3) is 0.400. The number of alkyl halides is 1. The maximum atomic E-state index is 10.7. The minimum atomic E-state index is 0.0948. The van der Waals surface area contributed by atoms with E-state index in [2.05, 4.69) is 15.9 Å². The SMILES string of the molecule is O=Pc1ccc2c(c1)CCOC2CBr. The second-order valence-corrected chi connectivity index (χ2v) is 4.58. The Bertz CT molecular complexity index is 354. The Labute approximate surface area is 93.0 Å². The molecule has 1 aliphatic heterocycles. The van der Waals surface area contributed by atoms with Crippen molar-refractivity contribution in [2.75, 3.05) is 11.9 Å². The van der Waals surface area contributed by atoms with Gasteiger partial charge in [0.1, 0.15) is 0 Å². The highest BCUT2D eigenvalue weighted by molar-refractivity contribution is 9.09. The van der Waals surface area contributed by atoms with Gasteiger partial charge >= 0.3 is 0 Å². The topological polar surface area (TPSA) is 26.3 Å². The van der Waals surface area contributed by atoms with E-state index in [1.54, 1.807) is 0 Å². The molecule has 14 heavy (non-hydrogen) atoms. The molecule has 0 N–H and O–H groups in total. The molecule has 1 aromatic carbocycles. The molecule has 1 unspecified atom stereocenters. The summed E-state index contributed by atoms with van der Waals surface area (Å²) in [6.07, 6.45) is 1.07. The molecule has 0 fully saturated rings. The molecule has 1 aromatic rings. The molecule has 1 heterocycles. The van der Waals surface area contributed by atoms with Gasteiger partial charge in [0.15, 0.2) is 8.46 Å². The van der Waals surface area contributed by atoms with Crippen LogP contribution in [0.5, 0.6) is 0 Å². The summed E-state index contributed by atoms with van der Waals surface area (Å²) >= 11 is 3.43. The fourth-order valence-corrected chi connectivity index (χ4v) is 2.59. The van der Waals surface area contributed by atoms with Gasteiger partial charge in [-0.25, -0.2) is 0 Å². The predicted octanol–water partition coefficient (Wildman–Crippen LogP) is 2.61. The van der Waals surface area contributed by atoms with Crippen LogP contribution < -0.4 is 5.30 Å². The molecule has 2 nitrogen and oxygen atoms in total.